The first kappa shape index (κ1) is 19.1. The van der Waals surface area contributed by atoms with E-state index in [4.69, 9.17) is 4.98 Å². The second kappa shape index (κ2) is 8.03. The maximum absolute atomic E-state index is 12.4. The summed E-state index contributed by atoms with van der Waals surface area (Å²) < 4.78 is 2.06. The van der Waals surface area contributed by atoms with E-state index >= 15 is 0 Å². The normalized spacial score (nSPS) is 13.1. The minimum absolute atomic E-state index is 0.142. The Labute approximate surface area is 170 Å². The largest absolute Gasteiger partial charge is 0.365 e. The number of rotatable bonds is 6. The van der Waals surface area contributed by atoms with Gasteiger partial charge in [0.1, 0.15) is 11.5 Å². The number of hydrogen-bond acceptors (Lipinski definition) is 5. The first-order valence-corrected chi connectivity index (χ1v) is 10.1. The van der Waals surface area contributed by atoms with Crippen LogP contribution in [-0.2, 0) is 19.5 Å². The van der Waals surface area contributed by atoms with Crippen LogP contribution in [0.4, 0.5) is 5.82 Å². The zero-order valence-corrected chi connectivity index (χ0v) is 17.1. The van der Waals surface area contributed by atoms with Crippen molar-refractivity contribution < 1.29 is 4.79 Å². The highest BCUT2D eigenvalue weighted by Gasteiger charge is 2.24. The van der Waals surface area contributed by atoms with Gasteiger partial charge in [0.05, 0.1) is 5.69 Å². The maximum atomic E-state index is 12.4. The molecule has 0 fully saturated rings. The van der Waals surface area contributed by atoms with Gasteiger partial charge in [0.15, 0.2) is 5.82 Å². The SMILES string of the molecule is CCCn1nc(C)c(CNc2nc(-c3ccccc3)nc3c2CCNC3=O)c1C. The van der Waals surface area contributed by atoms with Crippen molar-refractivity contribution in [1.29, 1.82) is 0 Å². The van der Waals surface area contributed by atoms with E-state index in [1.807, 2.05) is 37.3 Å². The second-order valence-electron chi connectivity index (χ2n) is 7.32. The number of carbonyl (C=O) groups excluding carboxylic acids is 1. The molecule has 1 aliphatic rings. The van der Waals surface area contributed by atoms with E-state index in [-0.39, 0.29) is 5.91 Å². The molecule has 2 N–H and O–H groups in total. The molecule has 0 saturated carbocycles. The molecule has 1 aliphatic heterocycles. The molecule has 3 heterocycles. The minimum Gasteiger partial charge on any atom is -0.365 e. The number of carbonyl (C=O) groups is 1. The fraction of sp³-hybridized carbons (Fsp3) is 0.364. The zero-order valence-electron chi connectivity index (χ0n) is 17.1. The molecular weight excluding hydrogens is 364 g/mol. The van der Waals surface area contributed by atoms with E-state index in [2.05, 4.69) is 39.2 Å². The van der Waals surface area contributed by atoms with Crippen molar-refractivity contribution in [3.8, 4) is 11.4 Å². The van der Waals surface area contributed by atoms with Gasteiger partial charge in [-0.05, 0) is 26.7 Å². The number of amides is 1. The Bertz CT molecular complexity index is 1040. The highest BCUT2D eigenvalue weighted by Crippen LogP contribution is 2.26. The molecule has 150 valence electrons. The molecule has 0 aliphatic carbocycles. The topological polar surface area (TPSA) is 84.7 Å². The van der Waals surface area contributed by atoms with Crippen molar-refractivity contribution >= 4 is 11.7 Å². The Hall–Kier alpha value is -3.22. The molecule has 2 aromatic heterocycles. The van der Waals surface area contributed by atoms with Crippen LogP contribution in [0, 0.1) is 13.8 Å². The third kappa shape index (κ3) is 3.72. The van der Waals surface area contributed by atoms with Crippen LogP contribution in [0.1, 0.15) is 46.3 Å². The van der Waals surface area contributed by atoms with Gasteiger partial charge >= 0.3 is 0 Å². The molecule has 0 atom stereocenters. The fourth-order valence-electron chi connectivity index (χ4n) is 3.75. The van der Waals surface area contributed by atoms with Crippen LogP contribution in [-0.4, -0.2) is 32.2 Å². The van der Waals surface area contributed by atoms with Crippen LogP contribution in [0.25, 0.3) is 11.4 Å². The summed E-state index contributed by atoms with van der Waals surface area (Å²) >= 11 is 0. The maximum Gasteiger partial charge on any atom is 0.270 e. The van der Waals surface area contributed by atoms with E-state index in [1.54, 1.807) is 0 Å². The van der Waals surface area contributed by atoms with Crippen molar-refractivity contribution in [3.05, 3.63) is 58.5 Å². The number of aromatic nitrogens is 4. The lowest BCUT2D eigenvalue weighted by Crippen LogP contribution is -2.34. The average molecular weight is 390 g/mol. The van der Waals surface area contributed by atoms with Crippen molar-refractivity contribution in [3.63, 3.8) is 0 Å². The summed E-state index contributed by atoms with van der Waals surface area (Å²) in [6, 6.07) is 9.75. The summed E-state index contributed by atoms with van der Waals surface area (Å²) in [5, 5.41) is 11.0. The second-order valence-corrected chi connectivity index (χ2v) is 7.32. The monoisotopic (exact) mass is 390 g/mol. The van der Waals surface area contributed by atoms with Gasteiger partial charge in [-0.25, -0.2) is 9.97 Å². The van der Waals surface area contributed by atoms with E-state index in [1.165, 1.54) is 11.3 Å². The molecule has 4 rings (SSSR count). The summed E-state index contributed by atoms with van der Waals surface area (Å²) in [4.78, 5) is 21.8. The fourth-order valence-corrected chi connectivity index (χ4v) is 3.75. The molecule has 1 amide bonds. The third-order valence-electron chi connectivity index (χ3n) is 5.31. The summed E-state index contributed by atoms with van der Waals surface area (Å²) in [7, 11) is 0. The van der Waals surface area contributed by atoms with Gasteiger partial charge in [0.2, 0.25) is 0 Å². The van der Waals surface area contributed by atoms with Crippen molar-refractivity contribution in [1.82, 2.24) is 25.1 Å². The quantitative estimate of drug-likeness (QED) is 0.675. The van der Waals surface area contributed by atoms with Crippen LogP contribution in [0.3, 0.4) is 0 Å². The molecular formula is C22H26N6O. The number of nitrogens with one attached hydrogen (secondary N) is 2. The zero-order chi connectivity index (χ0) is 20.4. The summed E-state index contributed by atoms with van der Waals surface area (Å²) in [6.45, 7) is 8.41. The Morgan fingerprint density at radius 1 is 1.17 bits per heavy atom. The predicted molar refractivity (Wildman–Crippen MR) is 113 cm³/mol. The summed E-state index contributed by atoms with van der Waals surface area (Å²) in [5.41, 5.74) is 5.59. The Balaban J connectivity index is 1.70. The van der Waals surface area contributed by atoms with Gasteiger partial charge in [-0.2, -0.15) is 5.10 Å². The van der Waals surface area contributed by atoms with Crippen molar-refractivity contribution in [2.24, 2.45) is 0 Å². The van der Waals surface area contributed by atoms with Crippen LogP contribution in [0.5, 0.6) is 0 Å². The number of hydrogen-bond donors (Lipinski definition) is 2. The van der Waals surface area contributed by atoms with Crippen LogP contribution < -0.4 is 10.6 Å². The first-order valence-electron chi connectivity index (χ1n) is 10.1. The molecule has 7 nitrogen and oxygen atoms in total. The summed E-state index contributed by atoms with van der Waals surface area (Å²) in [5.74, 6) is 1.14. The summed E-state index contributed by atoms with van der Waals surface area (Å²) in [6.07, 6.45) is 1.76. The Morgan fingerprint density at radius 2 is 1.97 bits per heavy atom. The third-order valence-corrected chi connectivity index (χ3v) is 5.31. The first-order chi connectivity index (χ1) is 14.1. The lowest BCUT2D eigenvalue weighted by atomic mass is 10.1. The molecule has 0 radical (unpaired) electrons. The van der Waals surface area contributed by atoms with Crippen molar-refractivity contribution in [2.45, 2.75) is 46.7 Å². The Morgan fingerprint density at radius 3 is 2.72 bits per heavy atom. The van der Waals surface area contributed by atoms with Crippen LogP contribution in [0.2, 0.25) is 0 Å². The molecule has 1 aromatic carbocycles. The molecule has 0 saturated heterocycles. The van der Waals surface area contributed by atoms with Gasteiger partial charge in [-0.1, -0.05) is 37.3 Å². The molecule has 29 heavy (non-hydrogen) atoms. The van der Waals surface area contributed by atoms with Crippen LogP contribution >= 0.6 is 0 Å². The van der Waals surface area contributed by atoms with Gasteiger partial charge in [-0.15, -0.1) is 0 Å². The molecule has 0 bridgehead atoms. The van der Waals surface area contributed by atoms with Crippen LogP contribution in [0.15, 0.2) is 30.3 Å². The highest BCUT2D eigenvalue weighted by atomic mass is 16.1. The van der Waals surface area contributed by atoms with E-state index in [0.29, 0.717) is 31.0 Å². The minimum atomic E-state index is -0.142. The lowest BCUT2D eigenvalue weighted by Gasteiger charge is -2.20. The Kier molecular flexibility index (Phi) is 5.29. The lowest BCUT2D eigenvalue weighted by molar-refractivity contribution is 0.0940. The predicted octanol–water partition coefficient (Wildman–Crippen LogP) is 3.26. The number of nitrogens with zero attached hydrogens (tertiary/aromatic N) is 4. The van der Waals surface area contributed by atoms with Gasteiger partial charge in [0, 0.05) is 42.0 Å². The number of fused-ring (bicyclic) bond motifs is 1. The molecule has 0 unspecified atom stereocenters. The van der Waals surface area contributed by atoms with Gasteiger partial charge in [0.25, 0.3) is 5.91 Å². The smallest absolute Gasteiger partial charge is 0.270 e. The highest BCUT2D eigenvalue weighted by molar-refractivity contribution is 5.96. The van der Waals surface area contributed by atoms with E-state index in [0.717, 1.165) is 35.6 Å². The number of anilines is 1. The number of benzene rings is 1. The molecule has 7 heteroatoms. The van der Waals surface area contributed by atoms with Crippen molar-refractivity contribution in [2.75, 3.05) is 11.9 Å². The average Bonchev–Trinajstić information content (AvgIpc) is 3.00. The van der Waals surface area contributed by atoms with E-state index < -0.39 is 0 Å². The molecule has 0 spiro atoms. The van der Waals surface area contributed by atoms with Gasteiger partial charge in [-0.3, -0.25) is 9.48 Å². The standard InChI is InChI=1S/C22H26N6O/c1-4-12-28-15(3)18(14(2)27-28)13-24-21-17-10-11-23-22(29)19(17)25-20(26-21)16-8-6-5-7-9-16/h5-9H,4,10-13H2,1-3H3,(H,23,29)(H,24,25,26). The molecule has 3 aromatic rings. The van der Waals surface area contributed by atoms with E-state index in [9.17, 15) is 4.79 Å². The van der Waals surface area contributed by atoms with Gasteiger partial charge < -0.3 is 10.6 Å². The number of aryl methyl sites for hydroxylation is 2.